The molecule has 158 valence electrons. The van der Waals surface area contributed by atoms with Gasteiger partial charge in [-0.2, -0.15) is 5.10 Å². The van der Waals surface area contributed by atoms with Crippen LogP contribution in [0.15, 0.2) is 65.8 Å². The normalized spacial score (nSPS) is 10.8. The van der Waals surface area contributed by atoms with Crippen molar-refractivity contribution in [3.63, 3.8) is 0 Å². The molecule has 0 heterocycles. The van der Waals surface area contributed by atoms with Gasteiger partial charge >= 0.3 is 5.69 Å². The molecule has 1 N–H and O–H groups in total. The topological polar surface area (TPSA) is 120 Å². The Hall–Kier alpha value is -3.69. The number of benzene rings is 3. The summed E-state index contributed by atoms with van der Waals surface area (Å²) in [5, 5.41) is 27.1. The van der Waals surface area contributed by atoms with Crippen molar-refractivity contribution in [2.75, 3.05) is 5.43 Å². The Kier molecular flexibility index (Phi) is 7.01. The van der Waals surface area contributed by atoms with Crippen molar-refractivity contribution in [2.24, 2.45) is 5.10 Å². The molecular weight excluding hydrogens is 447 g/mol. The molecule has 0 bridgehead atoms. The van der Waals surface area contributed by atoms with Gasteiger partial charge in [0.25, 0.3) is 5.69 Å². The minimum atomic E-state index is -0.732. The predicted octanol–water partition coefficient (Wildman–Crippen LogP) is 5.83. The molecule has 0 unspecified atom stereocenters. The highest BCUT2D eigenvalue weighted by molar-refractivity contribution is 6.31. The van der Waals surface area contributed by atoms with Crippen LogP contribution < -0.4 is 10.2 Å². The van der Waals surface area contributed by atoms with E-state index in [0.29, 0.717) is 21.4 Å². The molecule has 0 saturated carbocycles. The number of non-ortho nitro benzene ring substituents is 1. The standard InChI is InChI=1S/C20H14Cl2N4O5/c21-15-3-1-2-13(8-15)12-31-20-7-4-16(22)9-14(20)11-23-24-18-6-5-17(25(27)28)10-19(18)26(29)30/h1-11,24H,12H2/b23-11+. The van der Waals surface area contributed by atoms with E-state index in [-0.39, 0.29) is 12.3 Å². The van der Waals surface area contributed by atoms with Gasteiger partial charge in [-0.05, 0) is 42.0 Å². The summed E-state index contributed by atoms with van der Waals surface area (Å²) in [4.78, 5) is 20.6. The lowest BCUT2D eigenvalue weighted by Gasteiger charge is -2.10. The highest BCUT2D eigenvalue weighted by atomic mass is 35.5. The Labute approximate surface area is 186 Å². The summed E-state index contributed by atoms with van der Waals surface area (Å²) in [6, 6.07) is 15.4. The van der Waals surface area contributed by atoms with Gasteiger partial charge in [-0.3, -0.25) is 25.7 Å². The predicted molar refractivity (Wildman–Crippen MR) is 118 cm³/mol. The van der Waals surface area contributed by atoms with E-state index >= 15 is 0 Å². The van der Waals surface area contributed by atoms with Crippen LogP contribution in [0.3, 0.4) is 0 Å². The summed E-state index contributed by atoms with van der Waals surface area (Å²) in [5.74, 6) is 0.480. The Morgan fingerprint density at radius 2 is 1.74 bits per heavy atom. The van der Waals surface area contributed by atoms with E-state index in [4.69, 9.17) is 27.9 Å². The number of hydrogen-bond donors (Lipinski definition) is 1. The first kappa shape index (κ1) is 22.0. The second-order valence-corrected chi connectivity index (χ2v) is 7.06. The van der Waals surface area contributed by atoms with E-state index in [0.717, 1.165) is 17.7 Å². The maximum atomic E-state index is 11.2. The molecule has 0 aliphatic carbocycles. The fraction of sp³-hybridized carbons (Fsp3) is 0.0500. The Balaban J connectivity index is 1.78. The van der Waals surface area contributed by atoms with Crippen molar-refractivity contribution in [1.82, 2.24) is 0 Å². The molecule has 9 nitrogen and oxygen atoms in total. The van der Waals surface area contributed by atoms with E-state index in [1.54, 1.807) is 30.3 Å². The van der Waals surface area contributed by atoms with Gasteiger partial charge in [0.15, 0.2) is 0 Å². The number of rotatable bonds is 8. The smallest absolute Gasteiger partial charge is 0.301 e. The summed E-state index contributed by atoms with van der Waals surface area (Å²) in [6.07, 6.45) is 1.38. The van der Waals surface area contributed by atoms with Gasteiger partial charge < -0.3 is 4.74 Å². The average molecular weight is 461 g/mol. The second-order valence-electron chi connectivity index (χ2n) is 6.19. The van der Waals surface area contributed by atoms with E-state index in [9.17, 15) is 20.2 Å². The largest absolute Gasteiger partial charge is 0.488 e. The molecule has 31 heavy (non-hydrogen) atoms. The first-order chi connectivity index (χ1) is 14.8. The van der Waals surface area contributed by atoms with Crippen molar-refractivity contribution in [1.29, 1.82) is 0 Å². The molecule has 0 aliphatic rings. The van der Waals surface area contributed by atoms with Crippen LogP contribution in [-0.2, 0) is 6.61 Å². The number of ether oxygens (including phenoxy) is 1. The van der Waals surface area contributed by atoms with Gasteiger partial charge in [0.2, 0.25) is 0 Å². The number of nitrogens with zero attached hydrogens (tertiary/aromatic N) is 3. The highest BCUT2D eigenvalue weighted by Gasteiger charge is 2.19. The zero-order valence-corrected chi connectivity index (χ0v) is 17.2. The zero-order valence-electron chi connectivity index (χ0n) is 15.7. The molecule has 0 saturated heterocycles. The number of nitro benzene ring substituents is 2. The number of halogens is 2. The van der Waals surface area contributed by atoms with Crippen LogP contribution in [0, 0.1) is 20.2 Å². The second kappa shape index (κ2) is 9.88. The molecule has 3 rings (SSSR count). The summed E-state index contributed by atoms with van der Waals surface area (Å²) >= 11 is 12.0. The summed E-state index contributed by atoms with van der Waals surface area (Å²) in [7, 11) is 0. The van der Waals surface area contributed by atoms with Crippen molar-refractivity contribution >= 4 is 46.5 Å². The minimum Gasteiger partial charge on any atom is -0.488 e. The maximum absolute atomic E-state index is 11.2. The quantitative estimate of drug-likeness (QED) is 0.256. The van der Waals surface area contributed by atoms with Crippen LogP contribution in [0.25, 0.3) is 0 Å². The van der Waals surface area contributed by atoms with Crippen LogP contribution in [0.1, 0.15) is 11.1 Å². The number of hydrogen-bond acceptors (Lipinski definition) is 7. The first-order valence-electron chi connectivity index (χ1n) is 8.72. The number of anilines is 1. The molecule has 0 aliphatic heterocycles. The molecule has 0 fully saturated rings. The molecule has 0 radical (unpaired) electrons. The van der Waals surface area contributed by atoms with Gasteiger partial charge in [-0.15, -0.1) is 0 Å². The van der Waals surface area contributed by atoms with E-state index in [1.165, 1.54) is 12.3 Å². The summed E-state index contributed by atoms with van der Waals surface area (Å²) in [6.45, 7) is 0.254. The Morgan fingerprint density at radius 3 is 2.45 bits per heavy atom. The fourth-order valence-electron chi connectivity index (χ4n) is 2.59. The first-order valence-corrected chi connectivity index (χ1v) is 9.48. The summed E-state index contributed by atoms with van der Waals surface area (Å²) < 4.78 is 5.82. The Morgan fingerprint density at radius 1 is 0.968 bits per heavy atom. The molecule has 0 spiro atoms. The third kappa shape index (κ3) is 5.91. The molecule has 3 aromatic carbocycles. The molecule has 0 amide bonds. The van der Waals surface area contributed by atoms with Crippen LogP contribution in [0.4, 0.5) is 17.1 Å². The maximum Gasteiger partial charge on any atom is 0.301 e. The highest BCUT2D eigenvalue weighted by Crippen LogP contribution is 2.29. The molecule has 3 aromatic rings. The van der Waals surface area contributed by atoms with Crippen LogP contribution in [-0.4, -0.2) is 16.1 Å². The third-order valence-electron chi connectivity index (χ3n) is 4.03. The van der Waals surface area contributed by atoms with Crippen molar-refractivity contribution in [3.05, 3.63) is 102 Å². The monoisotopic (exact) mass is 460 g/mol. The summed E-state index contributed by atoms with van der Waals surface area (Å²) in [5.41, 5.74) is 3.04. The molecule has 11 heteroatoms. The molecule has 0 atom stereocenters. The third-order valence-corrected chi connectivity index (χ3v) is 4.50. The van der Waals surface area contributed by atoms with Crippen LogP contribution in [0.2, 0.25) is 10.0 Å². The molecule has 0 aromatic heterocycles. The van der Waals surface area contributed by atoms with Crippen LogP contribution in [0.5, 0.6) is 5.75 Å². The van der Waals surface area contributed by atoms with E-state index < -0.39 is 21.2 Å². The van der Waals surface area contributed by atoms with Gasteiger partial charge in [0.1, 0.15) is 18.0 Å². The Bertz CT molecular complexity index is 1170. The number of nitro groups is 2. The number of hydrazone groups is 1. The number of nitrogens with one attached hydrogen (secondary N) is 1. The van der Waals surface area contributed by atoms with E-state index in [1.807, 2.05) is 12.1 Å². The fourth-order valence-corrected chi connectivity index (χ4v) is 2.98. The van der Waals surface area contributed by atoms with E-state index in [2.05, 4.69) is 10.5 Å². The average Bonchev–Trinajstić information content (AvgIpc) is 2.73. The van der Waals surface area contributed by atoms with Gasteiger partial charge in [-0.25, -0.2) is 0 Å². The van der Waals surface area contributed by atoms with Gasteiger partial charge in [0.05, 0.1) is 22.1 Å². The van der Waals surface area contributed by atoms with Gasteiger partial charge in [-0.1, -0.05) is 35.3 Å². The lowest BCUT2D eigenvalue weighted by molar-refractivity contribution is -0.393. The minimum absolute atomic E-state index is 0.00438. The van der Waals surface area contributed by atoms with Crippen molar-refractivity contribution in [3.8, 4) is 5.75 Å². The zero-order chi connectivity index (χ0) is 22.4. The van der Waals surface area contributed by atoms with Crippen molar-refractivity contribution < 1.29 is 14.6 Å². The van der Waals surface area contributed by atoms with Gasteiger partial charge in [0, 0.05) is 21.7 Å². The lowest BCUT2D eigenvalue weighted by atomic mass is 10.2. The SMILES string of the molecule is O=[N+]([O-])c1ccc(N/N=C/c2cc(Cl)ccc2OCc2cccc(Cl)c2)c([N+](=O)[O-])c1. The molecular formula is C20H14Cl2N4O5. The van der Waals surface area contributed by atoms with Crippen LogP contribution >= 0.6 is 23.2 Å². The lowest BCUT2D eigenvalue weighted by Crippen LogP contribution is -2.01. The van der Waals surface area contributed by atoms with Crippen molar-refractivity contribution in [2.45, 2.75) is 6.61 Å².